The molecule has 114 valence electrons. The molecule has 1 aromatic carbocycles. The third-order valence-corrected chi connectivity index (χ3v) is 3.57. The summed E-state index contributed by atoms with van der Waals surface area (Å²) in [5, 5.41) is 3.61. The first kappa shape index (κ1) is 17.2. The van der Waals surface area contributed by atoms with Crippen LogP contribution in [-0.4, -0.2) is 44.8 Å². The number of nitrogens with zero attached hydrogens (tertiary/aromatic N) is 1. The highest BCUT2D eigenvalue weighted by molar-refractivity contribution is 5.19. The van der Waals surface area contributed by atoms with E-state index in [1.165, 1.54) is 5.56 Å². The quantitative estimate of drug-likeness (QED) is 0.666. The maximum atomic E-state index is 5.42. The Hall–Kier alpha value is -0.900. The van der Waals surface area contributed by atoms with Crippen LogP contribution in [0.1, 0.15) is 32.4 Å². The van der Waals surface area contributed by atoms with Crippen molar-refractivity contribution in [2.24, 2.45) is 5.92 Å². The van der Waals surface area contributed by atoms with Crippen molar-refractivity contribution in [2.45, 2.75) is 26.8 Å². The molecule has 0 saturated carbocycles. The lowest BCUT2D eigenvalue weighted by atomic mass is 9.94. The van der Waals surface area contributed by atoms with Crippen molar-refractivity contribution < 1.29 is 4.74 Å². The van der Waals surface area contributed by atoms with Gasteiger partial charge in [-0.1, -0.05) is 44.2 Å². The van der Waals surface area contributed by atoms with E-state index in [9.17, 15) is 0 Å². The summed E-state index contributed by atoms with van der Waals surface area (Å²) >= 11 is 0. The van der Waals surface area contributed by atoms with Crippen LogP contribution in [0.3, 0.4) is 0 Å². The van der Waals surface area contributed by atoms with Gasteiger partial charge in [0, 0.05) is 25.7 Å². The zero-order chi connectivity index (χ0) is 14.8. The number of likely N-dealkylation sites (N-methyl/N-ethyl adjacent to an activating group) is 1. The molecule has 1 N–H and O–H groups in total. The molecule has 2 atom stereocenters. The largest absolute Gasteiger partial charge is 0.380 e. The van der Waals surface area contributed by atoms with Gasteiger partial charge in [-0.2, -0.15) is 0 Å². The van der Waals surface area contributed by atoms with E-state index in [-0.39, 0.29) is 0 Å². The number of hydrogen-bond acceptors (Lipinski definition) is 3. The predicted octanol–water partition coefficient (Wildman–Crippen LogP) is 2.94. The lowest BCUT2D eigenvalue weighted by molar-refractivity contribution is 0.115. The molecular formula is C17H30N2O. The van der Waals surface area contributed by atoms with Gasteiger partial charge < -0.3 is 15.0 Å². The summed E-state index contributed by atoms with van der Waals surface area (Å²) in [6.07, 6.45) is 0. The van der Waals surface area contributed by atoms with Crippen LogP contribution in [0.4, 0.5) is 0 Å². The Bertz CT molecular complexity index is 342. The van der Waals surface area contributed by atoms with Gasteiger partial charge >= 0.3 is 0 Å². The fraction of sp³-hybridized carbons (Fsp3) is 0.647. The van der Waals surface area contributed by atoms with Crippen molar-refractivity contribution in [3.63, 3.8) is 0 Å². The van der Waals surface area contributed by atoms with Crippen molar-refractivity contribution in [3.8, 4) is 0 Å². The summed E-state index contributed by atoms with van der Waals surface area (Å²) in [4.78, 5) is 2.35. The highest BCUT2D eigenvalue weighted by Gasteiger charge is 2.19. The maximum absolute atomic E-state index is 5.42. The third-order valence-electron chi connectivity index (χ3n) is 3.57. The van der Waals surface area contributed by atoms with Crippen LogP contribution < -0.4 is 5.32 Å². The van der Waals surface area contributed by atoms with Gasteiger partial charge in [-0.05, 0) is 32.0 Å². The molecular weight excluding hydrogens is 248 g/mol. The van der Waals surface area contributed by atoms with Crippen LogP contribution in [0.5, 0.6) is 0 Å². The summed E-state index contributed by atoms with van der Waals surface area (Å²) in [6.45, 7) is 11.2. The Labute approximate surface area is 124 Å². The monoisotopic (exact) mass is 278 g/mol. The van der Waals surface area contributed by atoms with Crippen LogP contribution >= 0.6 is 0 Å². The number of rotatable bonds is 10. The molecule has 0 heterocycles. The molecule has 1 aromatic rings. The lowest BCUT2D eigenvalue weighted by Gasteiger charge is -2.29. The minimum atomic E-state index is 0.413. The van der Waals surface area contributed by atoms with Gasteiger partial charge in [-0.3, -0.25) is 0 Å². The Morgan fingerprint density at radius 2 is 1.90 bits per heavy atom. The Morgan fingerprint density at radius 3 is 2.50 bits per heavy atom. The molecule has 0 bridgehead atoms. The van der Waals surface area contributed by atoms with Crippen molar-refractivity contribution in [1.82, 2.24) is 10.2 Å². The van der Waals surface area contributed by atoms with E-state index < -0.39 is 0 Å². The Kier molecular flexibility index (Phi) is 8.51. The second-order valence-corrected chi connectivity index (χ2v) is 5.38. The Balaban J connectivity index is 2.54. The molecule has 0 spiro atoms. The number of hydrogen-bond donors (Lipinski definition) is 1. The number of benzene rings is 1. The van der Waals surface area contributed by atoms with E-state index in [4.69, 9.17) is 4.74 Å². The second kappa shape index (κ2) is 9.92. The van der Waals surface area contributed by atoms with Crippen LogP contribution in [0, 0.1) is 5.92 Å². The van der Waals surface area contributed by atoms with E-state index in [2.05, 4.69) is 61.4 Å². The molecule has 20 heavy (non-hydrogen) atoms. The van der Waals surface area contributed by atoms with E-state index in [1.807, 2.05) is 6.92 Å². The first-order valence-electron chi connectivity index (χ1n) is 7.73. The molecule has 0 radical (unpaired) electrons. The van der Waals surface area contributed by atoms with Crippen LogP contribution in [-0.2, 0) is 4.74 Å². The molecule has 0 aliphatic heterocycles. The molecule has 3 nitrogen and oxygen atoms in total. The molecule has 0 aliphatic carbocycles. The first-order chi connectivity index (χ1) is 9.69. The van der Waals surface area contributed by atoms with Gasteiger partial charge in [-0.25, -0.2) is 0 Å². The second-order valence-electron chi connectivity index (χ2n) is 5.38. The molecule has 0 aromatic heterocycles. The highest BCUT2D eigenvalue weighted by Crippen LogP contribution is 2.22. The smallest absolute Gasteiger partial charge is 0.0593 e. The summed E-state index contributed by atoms with van der Waals surface area (Å²) in [7, 11) is 2.17. The normalized spacial score (nSPS) is 14.4. The SMILES string of the molecule is CCNC(c1ccccc1)C(C)CN(C)CCOCC. The van der Waals surface area contributed by atoms with E-state index in [0.29, 0.717) is 12.0 Å². The van der Waals surface area contributed by atoms with Crippen molar-refractivity contribution >= 4 is 0 Å². The fourth-order valence-corrected chi connectivity index (χ4v) is 2.58. The minimum Gasteiger partial charge on any atom is -0.380 e. The molecule has 3 heteroatoms. The van der Waals surface area contributed by atoms with Gasteiger partial charge in [0.1, 0.15) is 0 Å². The zero-order valence-electron chi connectivity index (χ0n) is 13.4. The maximum Gasteiger partial charge on any atom is 0.0593 e. The predicted molar refractivity (Wildman–Crippen MR) is 86.0 cm³/mol. The van der Waals surface area contributed by atoms with Crippen molar-refractivity contribution in [3.05, 3.63) is 35.9 Å². The first-order valence-corrected chi connectivity index (χ1v) is 7.73. The summed E-state index contributed by atoms with van der Waals surface area (Å²) < 4.78 is 5.42. The summed E-state index contributed by atoms with van der Waals surface area (Å²) in [6, 6.07) is 11.1. The number of ether oxygens (including phenoxy) is 1. The third kappa shape index (κ3) is 6.04. The average Bonchev–Trinajstić information content (AvgIpc) is 2.45. The molecule has 2 unspecified atom stereocenters. The molecule has 0 amide bonds. The van der Waals surface area contributed by atoms with Crippen molar-refractivity contribution in [2.75, 3.05) is 39.9 Å². The number of nitrogens with one attached hydrogen (secondary N) is 1. The van der Waals surface area contributed by atoms with Gasteiger partial charge in [0.25, 0.3) is 0 Å². The van der Waals surface area contributed by atoms with Gasteiger partial charge in [0.05, 0.1) is 6.61 Å². The van der Waals surface area contributed by atoms with Crippen LogP contribution in [0.2, 0.25) is 0 Å². The minimum absolute atomic E-state index is 0.413. The van der Waals surface area contributed by atoms with Crippen LogP contribution in [0.25, 0.3) is 0 Å². The zero-order valence-corrected chi connectivity index (χ0v) is 13.4. The van der Waals surface area contributed by atoms with Crippen molar-refractivity contribution in [1.29, 1.82) is 0 Å². The molecule has 0 aliphatic rings. The standard InChI is InChI=1S/C17H30N2O/c1-5-18-17(16-10-8-7-9-11-16)15(3)14-19(4)12-13-20-6-2/h7-11,15,17-18H,5-6,12-14H2,1-4H3. The highest BCUT2D eigenvalue weighted by atomic mass is 16.5. The molecule has 1 rings (SSSR count). The van der Waals surface area contributed by atoms with E-state index >= 15 is 0 Å². The molecule has 0 fully saturated rings. The van der Waals surface area contributed by atoms with Crippen LogP contribution in [0.15, 0.2) is 30.3 Å². The van der Waals surface area contributed by atoms with Gasteiger partial charge in [-0.15, -0.1) is 0 Å². The van der Waals surface area contributed by atoms with Gasteiger partial charge in [0.15, 0.2) is 0 Å². The molecule has 0 saturated heterocycles. The average molecular weight is 278 g/mol. The Morgan fingerprint density at radius 1 is 1.20 bits per heavy atom. The van der Waals surface area contributed by atoms with E-state index in [0.717, 1.165) is 32.8 Å². The topological polar surface area (TPSA) is 24.5 Å². The summed E-state index contributed by atoms with van der Waals surface area (Å²) in [5.74, 6) is 0.559. The fourth-order valence-electron chi connectivity index (χ4n) is 2.58. The van der Waals surface area contributed by atoms with E-state index in [1.54, 1.807) is 0 Å². The summed E-state index contributed by atoms with van der Waals surface area (Å²) in [5.41, 5.74) is 1.38. The lowest BCUT2D eigenvalue weighted by Crippen LogP contribution is -2.35. The van der Waals surface area contributed by atoms with Gasteiger partial charge in [0.2, 0.25) is 0 Å².